The lowest BCUT2D eigenvalue weighted by molar-refractivity contribution is -0.132. The van der Waals surface area contributed by atoms with E-state index in [0.717, 1.165) is 38.3 Å². The minimum absolute atomic E-state index is 0.236. The first-order valence-electron chi connectivity index (χ1n) is 6.13. The van der Waals surface area contributed by atoms with E-state index in [-0.39, 0.29) is 5.91 Å². The summed E-state index contributed by atoms with van der Waals surface area (Å²) >= 11 is 0. The zero-order valence-electron chi connectivity index (χ0n) is 10.1. The molecule has 3 nitrogen and oxygen atoms in total. The Bertz CT molecular complexity index is 356. The summed E-state index contributed by atoms with van der Waals surface area (Å²) in [5, 5.41) is 0. The van der Waals surface area contributed by atoms with Crippen LogP contribution in [0.2, 0.25) is 0 Å². The molecule has 2 rings (SSSR count). The molecule has 0 aliphatic carbocycles. The Balaban J connectivity index is 1.85. The molecule has 0 spiro atoms. The number of hydrogen-bond donors (Lipinski definition) is 0. The van der Waals surface area contributed by atoms with Crippen LogP contribution in [0, 0.1) is 6.92 Å². The molecule has 1 aliphatic heterocycles. The van der Waals surface area contributed by atoms with Crippen molar-refractivity contribution in [3.05, 3.63) is 42.8 Å². The molecule has 1 aliphatic rings. The summed E-state index contributed by atoms with van der Waals surface area (Å²) in [6.07, 6.45) is 0.519. The fourth-order valence-electron chi connectivity index (χ4n) is 2.10. The third-order valence-corrected chi connectivity index (χ3v) is 3.24. The van der Waals surface area contributed by atoms with Crippen molar-refractivity contribution in [1.29, 1.82) is 0 Å². The number of amides is 1. The van der Waals surface area contributed by atoms with Crippen molar-refractivity contribution < 1.29 is 4.79 Å². The zero-order valence-corrected chi connectivity index (χ0v) is 10.1. The molecule has 3 heteroatoms. The van der Waals surface area contributed by atoms with Crippen molar-refractivity contribution >= 4 is 5.91 Å². The van der Waals surface area contributed by atoms with Crippen LogP contribution in [0.25, 0.3) is 0 Å². The normalized spacial score (nSPS) is 17.1. The number of nitrogens with zero attached hydrogens (tertiary/aromatic N) is 2. The third-order valence-electron chi connectivity index (χ3n) is 3.24. The first-order chi connectivity index (χ1) is 8.29. The van der Waals surface area contributed by atoms with Crippen LogP contribution in [0.15, 0.2) is 30.3 Å². The second-order valence-corrected chi connectivity index (χ2v) is 4.38. The minimum atomic E-state index is 0.236. The number of benzene rings is 1. The standard InChI is InChI=1S/C14H19N2O/c1-2-15-8-10-16(11-9-15)14(17)12-13-6-4-3-5-7-13/h3-7H,1-2,8-12H2. The molecule has 0 atom stereocenters. The number of carbonyl (C=O) groups excluding carboxylic acids is 1. The van der Waals surface area contributed by atoms with Crippen molar-refractivity contribution in [3.8, 4) is 0 Å². The van der Waals surface area contributed by atoms with Crippen molar-refractivity contribution in [2.45, 2.75) is 6.42 Å². The van der Waals surface area contributed by atoms with Crippen molar-refractivity contribution in [2.75, 3.05) is 32.7 Å². The van der Waals surface area contributed by atoms with Crippen LogP contribution in [-0.2, 0) is 11.2 Å². The van der Waals surface area contributed by atoms with Gasteiger partial charge in [0.05, 0.1) is 6.42 Å². The molecule has 91 valence electrons. The van der Waals surface area contributed by atoms with Gasteiger partial charge in [-0.15, -0.1) is 0 Å². The Hall–Kier alpha value is -1.35. The molecule has 0 N–H and O–H groups in total. The van der Waals surface area contributed by atoms with Gasteiger partial charge in [0.1, 0.15) is 0 Å². The Labute approximate surface area is 103 Å². The maximum absolute atomic E-state index is 12.1. The molecule has 17 heavy (non-hydrogen) atoms. The van der Waals surface area contributed by atoms with Crippen LogP contribution in [0.5, 0.6) is 0 Å². The quantitative estimate of drug-likeness (QED) is 0.780. The molecular weight excluding hydrogens is 212 g/mol. The molecule has 1 fully saturated rings. The molecule has 0 unspecified atom stereocenters. The van der Waals surface area contributed by atoms with E-state index in [2.05, 4.69) is 11.8 Å². The maximum Gasteiger partial charge on any atom is 0.227 e. The van der Waals surface area contributed by atoms with Crippen LogP contribution in [0.1, 0.15) is 5.56 Å². The van der Waals surface area contributed by atoms with Gasteiger partial charge in [0.2, 0.25) is 5.91 Å². The molecule has 1 amide bonds. The molecule has 1 heterocycles. The van der Waals surface area contributed by atoms with E-state index in [1.54, 1.807) is 0 Å². The van der Waals surface area contributed by atoms with E-state index < -0.39 is 0 Å². The predicted octanol–water partition coefficient (Wildman–Crippen LogP) is 1.21. The van der Waals surface area contributed by atoms with E-state index in [0.29, 0.717) is 6.42 Å². The van der Waals surface area contributed by atoms with Gasteiger partial charge in [0.15, 0.2) is 0 Å². The largest absolute Gasteiger partial charge is 0.340 e. The highest BCUT2D eigenvalue weighted by Gasteiger charge is 2.19. The molecule has 0 saturated carbocycles. The Kier molecular flexibility index (Phi) is 4.15. The van der Waals surface area contributed by atoms with Gasteiger partial charge in [-0.3, -0.25) is 9.69 Å². The molecule has 0 bridgehead atoms. The van der Waals surface area contributed by atoms with Gasteiger partial charge in [0.25, 0.3) is 0 Å². The van der Waals surface area contributed by atoms with Crippen LogP contribution in [-0.4, -0.2) is 48.4 Å². The van der Waals surface area contributed by atoms with Crippen molar-refractivity contribution in [2.24, 2.45) is 0 Å². The fraction of sp³-hybridized carbons (Fsp3) is 0.429. The zero-order chi connectivity index (χ0) is 12.1. The lowest BCUT2D eigenvalue weighted by Crippen LogP contribution is -2.48. The molecule has 1 radical (unpaired) electrons. The van der Waals surface area contributed by atoms with Crippen LogP contribution >= 0.6 is 0 Å². The Morgan fingerprint density at radius 2 is 1.76 bits per heavy atom. The highest BCUT2D eigenvalue weighted by molar-refractivity contribution is 5.78. The van der Waals surface area contributed by atoms with E-state index >= 15 is 0 Å². The van der Waals surface area contributed by atoms with Gasteiger partial charge in [-0.2, -0.15) is 0 Å². The van der Waals surface area contributed by atoms with Gasteiger partial charge >= 0.3 is 0 Å². The second kappa shape index (κ2) is 5.82. The van der Waals surface area contributed by atoms with Gasteiger partial charge in [0, 0.05) is 26.2 Å². The molecule has 1 saturated heterocycles. The first kappa shape index (κ1) is 12.1. The monoisotopic (exact) mass is 231 g/mol. The van der Waals surface area contributed by atoms with E-state index in [1.807, 2.05) is 35.2 Å². The number of carbonyl (C=O) groups is 1. The average molecular weight is 231 g/mol. The van der Waals surface area contributed by atoms with E-state index in [9.17, 15) is 4.79 Å². The Morgan fingerprint density at radius 1 is 1.12 bits per heavy atom. The fourth-order valence-corrected chi connectivity index (χ4v) is 2.10. The number of rotatable bonds is 3. The summed E-state index contributed by atoms with van der Waals surface area (Å²) in [6.45, 7) is 8.27. The smallest absolute Gasteiger partial charge is 0.227 e. The van der Waals surface area contributed by atoms with Gasteiger partial charge in [-0.25, -0.2) is 0 Å². The topological polar surface area (TPSA) is 23.6 Å². The highest BCUT2D eigenvalue weighted by atomic mass is 16.2. The summed E-state index contributed by atoms with van der Waals surface area (Å²) in [6, 6.07) is 9.93. The summed E-state index contributed by atoms with van der Waals surface area (Å²) < 4.78 is 0. The minimum Gasteiger partial charge on any atom is -0.340 e. The number of hydrogen-bond acceptors (Lipinski definition) is 2. The molecule has 1 aromatic rings. The molecule has 0 aromatic heterocycles. The second-order valence-electron chi connectivity index (χ2n) is 4.38. The van der Waals surface area contributed by atoms with Gasteiger partial charge in [-0.1, -0.05) is 30.3 Å². The summed E-state index contributed by atoms with van der Waals surface area (Å²) in [5.74, 6) is 0.236. The van der Waals surface area contributed by atoms with Crippen LogP contribution in [0.4, 0.5) is 0 Å². The SMILES string of the molecule is [CH2]CN1CCN(C(=O)Cc2ccccc2)CC1. The molecule has 1 aromatic carbocycles. The Morgan fingerprint density at radius 3 is 2.35 bits per heavy atom. The van der Waals surface area contributed by atoms with Crippen molar-refractivity contribution in [1.82, 2.24) is 9.80 Å². The van der Waals surface area contributed by atoms with Crippen LogP contribution in [0.3, 0.4) is 0 Å². The third kappa shape index (κ3) is 3.30. The maximum atomic E-state index is 12.1. The van der Waals surface area contributed by atoms with Gasteiger partial charge in [-0.05, 0) is 19.0 Å². The average Bonchev–Trinajstić information content (AvgIpc) is 2.40. The lowest BCUT2D eigenvalue weighted by Gasteiger charge is -2.34. The summed E-state index contributed by atoms with van der Waals surface area (Å²) in [5.41, 5.74) is 1.09. The van der Waals surface area contributed by atoms with E-state index in [4.69, 9.17) is 0 Å². The summed E-state index contributed by atoms with van der Waals surface area (Å²) in [4.78, 5) is 16.3. The molecular formula is C14H19N2O. The van der Waals surface area contributed by atoms with Crippen molar-refractivity contribution in [3.63, 3.8) is 0 Å². The lowest BCUT2D eigenvalue weighted by atomic mass is 10.1. The summed E-state index contributed by atoms with van der Waals surface area (Å²) in [7, 11) is 0. The first-order valence-corrected chi connectivity index (χ1v) is 6.13. The predicted molar refractivity (Wildman–Crippen MR) is 68.5 cm³/mol. The number of piperazine rings is 1. The highest BCUT2D eigenvalue weighted by Crippen LogP contribution is 2.06. The van der Waals surface area contributed by atoms with Crippen LogP contribution < -0.4 is 0 Å². The van der Waals surface area contributed by atoms with Gasteiger partial charge < -0.3 is 4.90 Å². The van der Waals surface area contributed by atoms with E-state index in [1.165, 1.54) is 0 Å².